The lowest BCUT2D eigenvalue weighted by Gasteiger charge is -2.19. The number of amides is 1. The van der Waals surface area contributed by atoms with E-state index in [4.69, 9.17) is 4.74 Å². The van der Waals surface area contributed by atoms with Gasteiger partial charge in [-0.25, -0.2) is 4.39 Å². The zero-order valence-electron chi connectivity index (χ0n) is 16.9. The van der Waals surface area contributed by atoms with E-state index in [9.17, 15) is 9.18 Å². The van der Waals surface area contributed by atoms with E-state index in [1.807, 2.05) is 31.2 Å². The van der Waals surface area contributed by atoms with Crippen molar-refractivity contribution in [3.63, 3.8) is 0 Å². The van der Waals surface area contributed by atoms with Crippen LogP contribution >= 0.6 is 0 Å². The summed E-state index contributed by atoms with van der Waals surface area (Å²) in [4.78, 5) is 14.7. The van der Waals surface area contributed by atoms with E-state index in [-0.39, 0.29) is 11.7 Å². The fourth-order valence-electron chi connectivity index (χ4n) is 3.51. The molecule has 0 aliphatic carbocycles. The van der Waals surface area contributed by atoms with E-state index in [2.05, 4.69) is 10.2 Å². The van der Waals surface area contributed by atoms with E-state index < -0.39 is 0 Å². The first kappa shape index (κ1) is 19.6. The van der Waals surface area contributed by atoms with E-state index in [0.717, 1.165) is 27.6 Å². The van der Waals surface area contributed by atoms with Gasteiger partial charge in [0.25, 0.3) is 5.91 Å². The number of hydrogen-bond donors (Lipinski definition) is 1. The molecule has 4 rings (SSSR count). The van der Waals surface area contributed by atoms with Gasteiger partial charge in [0.1, 0.15) is 11.6 Å². The van der Waals surface area contributed by atoms with Gasteiger partial charge in [-0.2, -0.15) is 5.10 Å². The van der Waals surface area contributed by atoms with Crippen LogP contribution in [0.25, 0.3) is 22.0 Å². The smallest absolute Gasteiger partial charge is 0.254 e. The summed E-state index contributed by atoms with van der Waals surface area (Å²) in [6.45, 7) is 2.80. The molecule has 0 saturated heterocycles. The van der Waals surface area contributed by atoms with Gasteiger partial charge in [0.05, 0.1) is 18.3 Å². The molecular weight excluding hydrogens is 381 g/mol. The van der Waals surface area contributed by atoms with Gasteiger partial charge in [0.15, 0.2) is 0 Å². The number of ether oxygens (including phenoxy) is 1. The number of aromatic amines is 1. The fraction of sp³-hybridized carbons (Fsp3) is 0.167. The number of benzene rings is 3. The van der Waals surface area contributed by atoms with Gasteiger partial charge in [0, 0.05) is 30.1 Å². The molecule has 0 atom stereocenters. The summed E-state index contributed by atoms with van der Waals surface area (Å²) in [5.41, 5.74) is 4.10. The molecule has 1 heterocycles. The van der Waals surface area contributed by atoms with Crippen molar-refractivity contribution in [2.24, 2.45) is 0 Å². The van der Waals surface area contributed by atoms with Crippen molar-refractivity contribution < 1.29 is 13.9 Å². The molecule has 1 amide bonds. The Hall–Kier alpha value is -3.67. The largest absolute Gasteiger partial charge is 0.493 e. The summed E-state index contributed by atoms with van der Waals surface area (Å²) < 4.78 is 19.1. The third-order valence-corrected chi connectivity index (χ3v) is 5.00. The van der Waals surface area contributed by atoms with Gasteiger partial charge in [-0.15, -0.1) is 0 Å². The van der Waals surface area contributed by atoms with Crippen LogP contribution in [0.15, 0.2) is 66.9 Å². The van der Waals surface area contributed by atoms with Crippen LogP contribution in [-0.2, 0) is 6.54 Å². The van der Waals surface area contributed by atoms with Gasteiger partial charge < -0.3 is 9.64 Å². The van der Waals surface area contributed by atoms with Crippen LogP contribution in [0, 0.1) is 5.82 Å². The molecule has 0 bridgehead atoms. The summed E-state index contributed by atoms with van der Waals surface area (Å²) in [5.74, 6) is 0.189. The minimum absolute atomic E-state index is 0.113. The minimum Gasteiger partial charge on any atom is -0.493 e. The first-order valence-corrected chi connectivity index (χ1v) is 9.76. The molecule has 1 aromatic heterocycles. The molecule has 0 saturated carbocycles. The van der Waals surface area contributed by atoms with Gasteiger partial charge in [-0.3, -0.25) is 9.89 Å². The number of aromatic nitrogens is 2. The second kappa shape index (κ2) is 8.37. The molecule has 3 aromatic carbocycles. The fourth-order valence-corrected chi connectivity index (χ4v) is 3.51. The Morgan fingerprint density at radius 1 is 1.13 bits per heavy atom. The number of nitrogens with zero attached hydrogens (tertiary/aromatic N) is 2. The van der Waals surface area contributed by atoms with Crippen molar-refractivity contribution in [2.75, 3.05) is 13.7 Å². The number of nitrogens with one attached hydrogen (secondary N) is 1. The van der Waals surface area contributed by atoms with Crippen molar-refractivity contribution in [1.29, 1.82) is 0 Å². The summed E-state index contributed by atoms with van der Waals surface area (Å²) >= 11 is 0. The first-order valence-electron chi connectivity index (χ1n) is 9.76. The Morgan fingerprint density at radius 2 is 1.93 bits per heavy atom. The van der Waals surface area contributed by atoms with Gasteiger partial charge in [-0.05, 0) is 48.4 Å². The molecule has 0 radical (unpaired) electrons. The lowest BCUT2D eigenvalue weighted by Crippen LogP contribution is -2.26. The quantitative estimate of drug-likeness (QED) is 0.491. The zero-order valence-corrected chi connectivity index (χ0v) is 16.9. The van der Waals surface area contributed by atoms with E-state index in [1.54, 1.807) is 42.4 Å². The number of rotatable bonds is 6. The Bertz CT molecular complexity index is 1180. The van der Waals surface area contributed by atoms with Crippen molar-refractivity contribution in [2.45, 2.75) is 13.5 Å². The Labute approximate surface area is 174 Å². The number of para-hydroxylation sites is 1. The van der Waals surface area contributed by atoms with Gasteiger partial charge in [-0.1, -0.05) is 30.3 Å². The maximum Gasteiger partial charge on any atom is 0.254 e. The highest BCUT2D eigenvalue weighted by Crippen LogP contribution is 2.32. The molecule has 0 unspecified atom stereocenters. The Morgan fingerprint density at radius 3 is 2.70 bits per heavy atom. The second-order valence-electron chi connectivity index (χ2n) is 7.06. The summed E-state index contributed by atoms with van der Waals surface area (Å²) in [6, 6.07) is 17.5. The molecule has 0 aliphatic heterocycles. The van der Waals surface area contributed by atoms with Gasteiger partial charge in [0.2, 0.25) is 0 Å². The second-order valence-corrected chi connectivity index (χ2v) is 7.06. The van der Waals surface area contributed by atoms with Crippen LogP contribution in [0.2, 0.25) is 0 Å². The monoisotopic (exact) mass is 403 g/mol. The number of carbonyl (C=O) groups is 1. The summed E-state index contributed by atoms with van der Waals surface area (Å²) in [6.07, 6.45) is 1.77. The predicted octanol–water partition coefficient (Wildman–Crippen LogP) is 5.04. The van der Waals surface area contributed by atoms with Crippen LogP contribution in [-0.4, -0.2) is 34.7 Å². The molecular formula is C24H22FN3O2. The molecule has 4 aromatic rings. The van der Waals surface area contributed by atoms with Crippen LogP contribution in [0.5, 0.6) is 5.75 Å². The SMILES string of the molecule is CCOc1cc(C(=O)N(C)Cc2cccc3cn[nH]c23)ccc1-c1ccc(F)cc1. The van der Waals surface area contributed by atoms with Gasteiger partial charge >= 0.3 is 0 Å². The van der Waals surface area contributed by atoms with Crippen LogP contribution in [0.1, 0.15) is 22.8 Å². The van der Waals surface area contributed by atoms with Crippen molar-refractivity contribution >= 4 is 16.8 Å². The molecule has 0 fully saturated rings. The van der Waals surface area contributed by atoms with Crippen molar-refractivity contribution in [3.8, 4) is 16.9 Å². The normalized spacial score (nSPS) is 10.9. The highest BCUT2D eigenvalue weighted by Gasteiger charge is 2.17. The van der Waals surface area contributed by atoms with Crippen molar-refractivity contribution in [3.05, 3.63) is 83.8 Å². The zero-order chi connectivity index (χ0) is 21.1. The number of H-pyrrole nitrogens is 1. The highest BCUT2D eigenvalue weighted by molar-refractivity contribution is 5.95. The maximum absolute atomic E-state index is 13.3. The third-order valence-electron chi connectivity index (χ3n) is 5.00. The average Bonchev–Trinajstić information content (AvgIpc) is 3.24. The summed E-state index contributed by atoms with van der Waals surface area (Å²) in [7, 11) is 1.77. The lowest BCUT2D eigenvalue weighted by molar-refractivity contribution is 0.0785. The number of carbonyl (C=O) groups excluding carboxylic acids is 1. The Balaban J connectivity index is 1.61. The van der Waals surface area contributed by atoms with Crippen molar-refractivity contribution in [1.82, 2.24) is 15.1 Å². The highest BCUT2D eigenvalue weighted by atomic mass is 19.1. The standard InChI is InChI=1S/C24H22FN3O2/c1-3-30-22-13-17(9-12-21(22)16-7-10-20(25)11-8-16)24(29)28(2)15-19-6-4-5-18-14-26-27-23(18)19/h4-14H,3,15H2,1-2H3,(H,26,27). The topological polar surface area (TPSA) is 58.2 Å². The maximum atomic E-state index is 13.3. The average molecular weight is 403 g/mol. The predicted molar refractivity (Wildman–Crippen MR) is 115 cm³/mol. The third kappa shape index (κ3) is 3.89. The Kier molecular flexibility index (Phi) is 5.48. The molecule has 6 heteroatoms. The van der Waals surface area contributed by atoms with Crippen LogP contribution in [0.3, 0.4) is 0 Å². The molecule has 152 valence electrons. The summed E-state index contributed by atoms with van der Waals surface area (Å²) in [5, 5.41) is 8.08. The number of fused-ring (bicyclic) bond motifs is 1. The van der Waals surface area contributed by atoms with Crippen LogP contribution < -0.4 is 4.74 Å². The first-order chi connectivity index (χ1) is 14.6. The van der Waals surface area contributed by atoms with Crippen LogP contribution in [0.4, 0.5) is 4.39 Å². The lowest BCUT2D eigenvalue weighted by atomic mass is 10.0. The molecule has 5 nitrogen and oxygen atoms in total. The van der Waals surface area contributed by atoms with E-state index in [1.165, 1.54) is 12.1 Å². The molecule has 0 aliphatic rings. The van der Waals surface area contributed by atoms with E-state index in [0.29, 0.717) is 24.5 Å². The molecule has 0 spiro atoms. The number of halogens is 1. The van der Waals surface area contributed by atoms with E-state index >= 15 is 0 Å². The number of hydrogen-bond acceptors (Lipinski definition) is 3. The molecule has 1 N–H and O–H groups in total. The minimum atomic E-state index is -0.294. The molecule has 30 heavy (non-hydrogen) atoms.